The molecule has 0 aromatic carbocycles. The Morgan fingerprint density at radius 2 is 2.11 bits per heavy atom. The molecular formula is C13H24N2O4. The predicted octanol–water partition coefficient (Wildman–Crippen LogP) is 1.31. The Bertz CT molecular complexity index is 322. The molecule has 1 heterocycles. The summed E-state index contributed by atoms with van der Waals surface area (Å²) < 4.78 is 4.85. The smallest absolute Gasteiger partial charge is 0.407 e. The van der Waals surface area contributed by atoms with E-state index in [4.69, 9.17) is 4.74 Å². The molecule has 1 aliphatic heterocycles. The Hall–Kier alpha value is -1.30. The predicted molar refractivity (Wildman–Crippen MR) is 71.0 cm³/mol. The zero-order valence-electron chi connectivity index (χ0n) is 11.9. The number of nitrogens with zero attached hydrogens (tertiary/aromatic N) is 1. The fourth-order valence-corrected chi connectivity index (χ4v) is 2.37. The highest BCUT2D eigenvalue weighted by Crippen LogP contribution is 2.20. The lowest BCUT2D eigenvalue weighted by atomic mass is 9.93. The molecule has 110 valence electrons. The molecule has 0 spiro atoms. The standard InChI is InChI=1S/C13H24N2O4/c1-4-9(3)15-7-10(12(16)17)6-11(8-15)14-13(18)19-5-2/h9-11H,4-8H2,1-3H3,(H,14,18)(H,16,17). The van der Waals surface area contributed by atoms with Crippen molar-refractivity contribution >= 4 is 12.1 Å². The lowest BCUT2D eigenvalue weighted by Crippen LogP contribution is -2.54. The lowest BCUT2D eigenvalue weighted by Gasteiger charge is -2.39. The van der Waals surface area contributed by atoms with E-state index in [9.17, 15) is 14.7 Å². The molecule has 1 rings (SSSR count). The molecular weight excluding hydrogens is 248 g/mol. The van der Waals surface area contributed by atoms with Crippen molar-refractivity contribution in [2.75, 3.05) is 19.7 Å². The van der Waals surface area contributed by atoms with Gasteiger partial charge in [0.15, 0.2) is 0 Å². The van der Waals surface area contributed by atoms with Crippen LogP contribution in [0.1, 0.15) is 33.6 Å². The topological polar surface area (TPSA) is 78.9 Å². The summed E-state index contributed by atoms with van der Waals surface area (Å²) >= 11 is 0. The van der Waals surface area contributed by atoms with Gasteiger partial charge in [0.1, 0.15) is 0 Å². The Morgan fingerprint density at radius 1 is 1.42 bits per heavy atom. The molecule has 1 fully saturated rings. The normalized spacial score (nSPS) is 25.6. The van der Waals surface area contributed by atoms with E-state index in [-0.39, 0.29) is 6.04 Å². The molecule has 1 aliphatic rings. The molecule has 2 N–H and O–H groups in total. The van der Waals surface area contributed by atoms with Gasteiger partial charge in [-0.1, -0.05) is 6.92 Å². The zero-order valence-corrected chi connectivity index (χ0v) is 11.9. The first-order valence-corrected chi connectivity index (χ1v) is 6.88. The van der Waals surface area contributed by atoms with Crippen molar-refractivity contribution in [3.63, 3.8) is 0 Å². The van der Waals surface area contributed by atoms with Gasteiger partial charge < -0.3 is 15.2 Å². The quantitative estimate of drug-likeness (QED) is 0.789. The molecule has 0 bridgehead atoms. The summed E-state index contributed by atoms with van der Waals surface area (Å²) in [5, 5.41) is 11.9. The number of carboxylic acids is 1. The number of hydrogen-bond donors (Lipinski definition) is 2. The Labute approximate surface area is 114 Å². The highest BCUT2D eigenvalue weighted by molar-refractivity contribution is 5.71. The van der Waals surface area contributed by atoms with Gasteiger partial charge in [-0.2, -0.15) is 0 Å². The fraction of sp³-hybridized carbons (Fsp3) is 0.846. The van der Waals surface area contributed by atoms with Crippen molar-refractivity contribution in [1.82, 2.24) is 10.2 Å². The van der Waals surface area contributed by atoms with Crippen LogP contribution in [0.4, 0.5) is 4.79 Å². The number of amides is 1. The van der Waals surface area contributed by atoms with Gasteiger partial charge in [-0.25, -0.2) is 4.79 Å². The largest absolute Gasteiger partial charge is 0.481 e. The number of carbonyl (C=O) groups excluding carboxylic acids is 1. The molecule has 0 aromatic heterocycles. The minimum Gasteiger partial charge on any atom is -0.481 e. The first-order valence-electron chi connectivity index (χ1n) is 6.88. The number of aliphatic carboxylic acids is 1. The fourth-order valence-electron chi connectivity index (χ4n) is 2.37. The molecule has 0 aromatic rings. The Balaban J connectivity index is 2.64. The molecule has 1 saturated heterocycles. The van der Waals surface area contributed by atoms with Gasteiger partial charge in [-0.15, -0.1) is 0 Å². The first-order chi connectivity index (χ1) is 8.97. The van der Waals surface area contributed by atoms with Crippen LogP contribution in [0, 0.1) is 5.92 Å². The Morgan fingerprint density at radius 3 is 2.63 bits per heavy atom. The van der Waals surface area contributed by atoms with Crippen molar-refractivity contribution in [2.24, 2.45) is 5.92 Å². The third-order valence-electron chi connectivity index (χ3n) is 3.64. The second-order valence-electron chi connectivity index (χ2n) is 5.04. The molecule has 3 atom stereocenters. The summed E-state index contributed by atoms with van der Waals surface area (Å²) in [5.74, 6) is -1.24. The summed E-state index contributed by atoms with van der Waals surface area (Å²) in [6.45, 7) is 7.43. The lowest BCUT2D eigenvalue weighted by molar-refractivity contribution is -0.144. The van der Waals surface area contributed by atoms with Crippen LogP contribution in [-0.4, -0.2) is 53.8 Å². The van der Waals surface area contributed by atoms with Gasteiger partial charge in [0, 0.05) is 25.2 Å². The highest BCUT2D eigenvalue weighted by atomic mass is 16.5. The average molecular weight is 272 g/mol. The van der Waals surface area contributed by atoms with E-state index in [0.29, 0.717) is 32.2 Å². The number of hydrogen-bond acceptors (Lipinski definition) is 4. The molecule has 19 heavy (non-hydrogen) atoms. The SMILES string of the molecule is CCOC(=O)NC1CC(C(=O)O)CN(C(C)CC)C1. The van der Waals surface area contributed by atoms with Crippen LogP contribution >= 0.6 is 0 Å². The van der Waals surface area contributed by atoms with E-state index in [0.717, 1.165) is 6.42 Å². The molecule has 6 nitrogen and oxygen atoms in total. The van der Waals surface area contributed by atoms with Crippen LogP contribution in [0.3, 0.4) is 0 Å². The molecule has 1 amide bonds. The first kappa shape index (κ1) is 15.8. The van der Waals surface area contributed by atoms with Crippen LogP contribution in [0.5, 0.6) is 0 Å². The number of piperidine rings is 1. The maximum absolute atomic E-state index is 11.4. The van der Waals surface area contributed by atoms with Crippen LogP contribution < -0.4 is 5.32 Å². The monoisotopic (exact) mass is 272 g/mol. The van der Waals surface area contributed by atoms with Crippen molar-refractivity contribution < 1.29 is 19.4 Å². The summed E-state index contributed by atoms with van der Waals surface area (Å²) in [6, 6.07) is 0.150. The van der Waals surface area contributed by atoms with Crippen molar-refractivity contribution in [3.05, 3.63) is 0 Å². The molecule has 6 heteroatoms. The summed E-state index contributed by atoms with van der Waals surface area (Å²) in [7, 11) is 0. The van der Waals surface area contributed by atoms with Gasteiger partial charge >= 0.3 is 12.1 Å². The van der Waals surface area contributed by atoms with E-state index in [2.05, 4.69) is 24.1 Å². The van der Waals surface area contributed by atoms with Gasteiger partial charge in [0.25, 0.3) is 0 Å². The third kappa shape index (κ3) is 4.70. The zero-order chi connectivity index (χ0) is 14.4. The molecule has 3 unspecified atom stereocenters. The van der Waals surface area contributed by atoms with E-state index < -0.39 is 18.0 Å². The Kier molecular flexibility index (Phi) is 6.08. The summed E-state index contributed by atoms with van der Waals surface area (Å²) in [5.41, 5.74) is 0. The number of nitrogens with one attached hydrogen (secondary N) is 1. The van der Waals surface area contributed by atoms with E-state index in [1.807, 2.05) is 0 Å². The second kappa shape index (κ2) is 7.33. The van der Waals surface area contributed by atoms with Crippen molar-refractivity contribution in [1.29, 1.82) is 0 Å². The minimum atomic E-state index is -0.802. The van der Waals surface area contributed by atoms with Gasteiger partial charge in [-0.3, -0.25) is 9.69 Å². The molecule has 0 radical (unpaired) electrons. The van der Waals surface area contributed by atoms with Crippen LogP contribution in [-0.2, 0) is 9.53 Å². The molecule has 0 saturated carbocycles. The number of rotatable bonds is 5. The number of alkyl carbamates (subject to hydrolysis) is 1. The third-order valence-corrected chi connectivity index (χ3v) is 3.64. The van der Waals surface area contributed by atoms with Gasteiger partial charge in [-0.05, 0) is 26.7 Å². The van der Waals surface area contributed by atoms with Crippen LogP contribution in [0.2, 0.25) is 0 Å². The number of likely N-dealkylation sites (tertiary alicyclic amines) is 1. The van der Waals surface area contributed by atoms with E-state index in [1.54, 1.807) is 6.92 Å². The average Bonchev–Trinajstić information content (AvgIpc) is 2.37. The van der Waals surface area contributed by atoms with Crippen LogP contribution in [0.25, 0.3) is 0 Å². The van der Waals surface area contributed by atoms with Crippen molar-refractivity contribution in [3.8, 4) is 0 Å². The number of ether oxygens (including phenoxy) is 1. The van der Waals surface area contributed by atoms with E-state index >= 15 is 0 Å². The summed E-state index contributed by atoms with van der Waals surface area (Å²) in [4.78, 5) is 24.8. The molecule has 0 aliphatic carbocycles. The number of carboxylic acid groups (broad SMARTS) is 1. The number of carbonyl (C=O) groups is 2. The minimum absolute atomic E-state index is 0.164. The van der Waals surface area contributed by atoms with E-state index in [1.165, 1.54) is 0 Å². The maximum atomic E-state index is 11.4. The highest BCUT2D eigenvalue weighted by Gasteiger charge is 2.33. The maximum Gasteiger partial charge on any atom is 0.407 e. The van der Waals surface area contributed by atoms with Crippen LogP contribution in [0.15, 0.2) is 0 Å². The second-order valence-corrected chi connectivity index (χ2v) is 5.04. The van der Waals surface area contributed by atoms with Gasteiger partial charge in [0.05, 0.1) is 12.5 Å². The van der Waals surface area contributed by atoms with Crippen molar-refractivity contribution in [2.45, 2.75) is 45.7 Å². The summed E-state index contributed by atoms with van der Waals surface area (Å²) in [6.07, 6.45) is 0.946. The van der Waals surface area contributed by atoms with Gasteiger partial charge in [0.2, 0.25) is 0 Å².